The monoisotopic (exact) mass is 777 g/mol. The molecule has 7 rings (SSSR count). The van der Waals surface area contributed by atoms with Crippen LogP contribution in [0.25, 0.3) is 22.3 Å². The third-order valence-electron chi connectivity index (χ3n) is 8.77. The molecule has 5 aromatic carbocycles. The molecule has 0 amide bonds. The minimum absolute atomic E-state index is 0.00194. The van der Waals surface area contributed by atoms with Gasteiger partial charge in [-0.1, -0.05) is 102 Å². The molecule has 3 atom stereocenters. The first-order valence-corrected chi connectivity index (χ1v) is 16.1. The average Bonchev–Trinajstić information content (AvgIpc) is 3.53. The largest absolute Gasteiger partial charge is 0.478 e. The molecule has 2 aliphatic carbocycles. The number of hydrogen-bond acceptors (Lipinski definition) is 5. The second-order valence-corrected chi connectivity index (χ2v) is 12.9. The Morgan fingerprint density at radius 3 is 1.25 bits per heavy atom. The molecule has 53 heavy (non-hydrogen) atoms. The number of aromatic carboxylic acids is 2. The molecule has 7 nitrogen and oxygen atoms in total. The Morgan fingerprint density at radius 1 is 0.604 bits per heavy atom. The average molecular weight is 779 g/mol. The summed E-state index contributed by atoms with van der Waals surface area (Å²) < 4.78 is 81.2. The zero-order valence-electron chi connectivity index (χ0n) is 27.1. The molecule has 15 heteroatoms. The van der Waals surface area contributed by atoms with E-state index in [0.717, 1.165) is 36.4 Å². The number of rotatable bonds is 3. The third-order valence-corrected chi connectivity index (χ3v) is 9.37. The van der Waals surface area contributed by atoms with Crippen molar-refractivity contribution >= 4 is 35.1 Å². The van der Waals surface area contributed by atoms with Gasteiger partial charge >= 0.3 is 24.3 Å². The molecule has 2 unspecified atom stereocenters. The molecule has 0 spiro atoms. The maximum atomic E-state index is 13.5. The predicted molar refractivity (Wildman–Crippen MR) is 185 cm³/mol. The van der Waals surface area contributed by atoms with Gasteiger partial charge in [0.2, 0.25) is 11.2 Å². The Labute approximate surface area is 307 Å². The van der Waals surface area contributed by atoms with E-state index >= 15 is 0 Å². The molecule has 0 heterocycles. The van der Waals surface area contributed by atoms with Gasteiger partial charge < -0.3 is 26.2 Å². The maximum Gasteiger partial charge on any atom is 0.425 e. The number of nitrogens with two attached hydrogens (primary N) is 1. The summed E-state index contributed by atoms with van der Waals surface area (Å²) in [7, 11) is 0. The third kappa shape index (κ3) is 6.75. The molecule has 0 saturated heterocycles. The van der Waals surface area contributed by atoms with Gasteiger partial charge in [0.05, 0.1) is 11.1 Å². The SMILES string of the molecule is C[C@H](N)c1ccccc1.O=C(O)c1cc(Cl)c2c(c1)C(O)(C(F)(F)F)c1ccccc1-2.O=C(O)c1cc(Cl)c2c(c1)C(O)(C(F)(F)F)c1ccccc1-2. The highest BCUT2D eigenvalue weighted by molar-refractivity contribution is 6.34. The summed E-state index contributed by atoms with van der Waals surface area (Å²) in [6, 6.07) is 24.9. The number of alkyl halides is 6. The highest BCUT2D eigenvalue weighted by Crippen LogP contribution is 2.58. The zero-order valence-corrected chi connectivity index (χ0v) is 28.6. The topological polar surface area (TPSA) is 141 Å². The lowest BCUT2D eigenvalue weighted by Gasteiger charge is -2.28. The number of carbonyl (C=O) groups is 2. The minimum Gasteiger partial charge on any atom is -0.478 e. The number of aliphatic hydroxyl groups is 2. The van der Waals surface area contributed by atoms with E-state index < -0.39 is 57.7 Å². The van der Waals surface area contributed by atoms with E-state index in [2.05, 4.69) is 0 Å². The number of carboxylic acids is 2. The molecule has 0 aliphatic heterocycles. The highest BCUT2D eigenvalue weighted by atomic mass is 35.5. The van der Waals surface area contributed by atoms with E-state index in [1.54, 1.807) is 0 Å². The van der Waals surface area contributed by atoms with Crippen molar-refractivity contribution in [3.05, 3.63) is 152 Å². The lowest BCUT2D eigenvalue weighted by molar-refractivity contribution is -0.247. The first-order valence-electron chi connectivity index (χ1n) is 15.4. The van der Waals surface area contributed by atoms with Crippen LogP contribution in [0.1, 0.15) is 61.5 Å². The van der Waals surface area contributed by atoms with Gasteiger partial charge in [-0.3, -0.25) is 0 Å². The normalized spacial score (nSPS) is 18.6. The highest BCUT2D eigenvalue weighted by Gasteiger charge is 2.62. The fourth-order valence-electron chi connectivity index (χ4n) is 6.27. The van der Waals surface area contributed by atoms with Crippen molar-refractivity contribution in [2.45, 2.75) is 36.5 Å². The predicted octanol–water partition coefficient (Wildman–Crippen LogP) is 9.34. The van der Waals surface area contributed by atoms with E-state index in [1.807, 2.05) is 37.3 Å². The zero-order chi connectivity index (χ0) is 39.3. The number of halogens is 8. The maximum absolute atomic E-state index is 13.5. The standard InChI is InChI=1S/2C15H8ClF3O3.C8H11N/c2*16-11-6-7(13(20)21)5-10-12(11)8-3-1-2-4-9(8)14(10,22)15(17,18)19;1-7(9)8-5-3-2-4-6-8/h2*1-6,22H,(H,20,21);2-7H,9H2,1H3/t;;7-/m..0/s1. The summed E-state index contributed by atoms with van der Waals surface area (Å²) >= 11 is 12.0. The lowest BCUT2D eigenvalue weighted by atomic mass is 9.90. The lowest BCUT2D eigenvalue weighted by Crippen LogP contribution is -2.41. The van der Waals surface area contributed by atoms with E-state index in [9.17, 15) is 46.1 Å². The Morgan fingerprint density at radius 2 is 0.943 bits per heavy atom. The quantitative estimate of drug-likeness (QED) is 0.115. The molecule has 0 fully saturated rings. The number of carboxylic acid groups (broad SMARTS) is 2. The van der Waals surface area contributed by atoms with E-state index in [-0.39, 0.29) is 49.5 Å². The number of hydrogen-bond donors (Lipinski definition) is 5. The van der Waals surface area contributed by atoms with Crippen LogP contribution in [0.3, 0.4) is 0 Å². The Hall–Kier alpha value is -4.92. The second-order valence-electron chi connectivity index (χ2n) is 12.1. The molecule has 0 aromatic heterocycles. The second kappa shape index (κ2) is 14.1. The number of benzene rings is 5. The summed E-state index contributed by atoms with van der Waals surface area (Å²) in [6.07, 6.45) is -10.0. The van der Waals surface area contributed by atoms with Crippen LogP contribution in [-0.4, -0.2) is 44.7 Å². The van der Waals surface area contributed by atoms with Gasteiger partial charge in [-0.05, 0) is 47.9 Å². The van der Waals surface area contributed by atoms with Crippen LogP contribution in [0.2, 0.25) is 10.0 Å². The van der Waals surface area contributed by atoms with Gasteiger partial charge in [0.25, 0.3) is 0 Å². The van der Waals surface area contributed by atoms with Crippen LogP contribution in [0.15, 0.2) is 103 Å². The fourth-order valence-corrected chi connectivity index (χ4v) is 6.91. The Bertz CT molecular complexity index is 2090. The van der Waals surface area contributed by atoms with Crippen LogP contribution < -0.4 is 5.73 Å². The van der Waals surface area contributed by atoms with Gasteiger partial charge in [-0.2, -0.15) is 26.3 Å². The molecule has 0 bridgehead atoms. The van der Waals surface area contributed by atoms with E-state index in [0.29, 0.717) is 0 Å². The summed E-state index contributed by atoms with van der Waals surface area (Å²) in [5.74, 6) is -2.85. The van der Waals surface area contributed by atoms with Crippen molar-refractivity contribution < 1.29 is 56.4 Å². The molecule has 2 aliphatic rings. The van der Waals surface area contributed by atoms with E-state index in [4.69, 9.17) is 39.1 Å². The summed E-state index contributed by atoms with van der Waals surface area (Å²) in [5, 5.41) is 38.5. The van der Waals surface area contributed by atoms with Gasteiger partial charge in [-0.15, -0.1) is 0 Å². The molecule has 5 aromatic rings. The van der Waals surface area contributed by atoms with Crippen LogP contribution in [0.5, 0.6) is 0 Å². The van der Waals surface area contributed by atoms with Crippen LogP contribution in [0, 0.1) is 0 Å². The van der Waals surface area contributed by atoms with Gasteiger partial charge in [0.1, 0.15) is 0 Å². The summed E-state index contributed by atoms with van der Waals surface area (Å²) in [4.78, 5) is 22.1. The van der Waals surface area contributed by atoms with Crippen LogP contribution in [0.4, 0.5) is 26.3 Å². The first-order chi connectivity index (χ1) is 24.7. The van der Waals surface area contributed by atoms with Crippen molar-refractivity contribution in [1.82, 2.24) is 0 Å². The van der Waals surface area contributed by atoms with Gasteiger partial charge in [0, 0.05) is 49.5 Å². The van der Waals surface area contributed by atoms with Crippen molar-refractivity contribution in [2.24, 2.45) is 5.73 Å². The molecular formula is C38H27Cl2F6NO6. The molecule has 6 N–H and O–H groups in total. The Balaban J connectivity index is 0.000000167. The fraction of sp³-hybridized carbons (Fsp3) is 0.158. The molecule has 276 valence electrons. The van der Waals surface area contributed by atoms with Crippen LogP contribution in [-0.2, 0) is 11.2 Å². The minimum atomic E-state index is -5.02. The molecule has 0 radical (unpaired) electrons. The Kier molecular flexibility index (Phi) is 10.5. The van der Waals surface area contributed by atoms with Crippen molar-refractivity contribution in [2.75, 3.05) is 0 Å². The summed E-state index contributed by atoms with van der Waals surface area (Å²) in [6.45, 7) is 1.98. The molecular weight excluding hydrogens is 751 g/mol. The number of fused-ring (bicyclic) bond motifs is 6. The van der Waals surface area contributed by atoms with E-state index in [1.165, 1.54) is 42.0 Å². The van der Waals surface area contributed by atoms with Crippen molar-refractivity contribution in [1.29, 1.82) is 0 Å². The van der Waals surface area contributed by atoms with Crippen molar-refractivity contribution in [3.63, 3.8) is 0 Å². The van der Waals surface area contributed by atoms with Gasteiger partial charge in [-0.25, -0.2) is 9.59 Å². The first kappa shape index (κ1) is 39.3. The summed E-state index contributed by atoms with van der Waals surface area (Å²) in [5.41, 5.74) is -2.16. The molecule has 0 saturated carbocycles. The smallest absolute Gasteiger partial charge is 0.425 e. The van der Waals surface area contributed by atoms with Gasteiger partial charge in [0.15, 0.2) is 0 Å². The van der Waals surface area contributed by atoms with Crippen molar-refractivity contribution in [3.8, 4) is 22.3 Å². The van der Waals surface area contributed by atoms with Crippen LogP contribution >= 0.6 is 23.2 Å².